The fourth-order valence-corrected chi connectivity index (χ4v) is 2.22. The molecule has 0 radical (unpaired) electrons. The first-order valence-electron chi connectivity index (χ1n) is 8.14. The molecule has 0 bridgehead atoms. The van der Waals surface area contributed by atoms with Gasteiger partial charge in [0, 0.05) is 5.56 Å². The molecule has 0 saturated heterocycles. The number of primary amides is 1. The molecule has 2 rings (SSSR count). The highest BCUT2D eigenvalue weighted by molar-refractivity contribution is 5.99. The Morgan fingerprint density at radius 3 is 2.63 bits per heavy atom. The lowest BCUT2D eigenvalue weighted by atomic mass is 10.1. The van der Waals surface area contributed by atoms with Gasteiger partial charge in [0.05, 0.1) is 5.71 Å². The third-order valence-electron chi connectivity index (χ3n) is 3.54. The molecule has 0 aliphatic carbocycles. The smallest absolute Gasteiger partial charge is 0.347 e. The molecular formula is C17H21N3O7. The van der Waals surface area contributed by atoms with Crippen molar-refractivity contribution in [2.24, 2.45) is 16.8 Å². The molecule has 1 aliphatic rings. The molecule has 0 fully saturated rings. The molecule has 1 aromatic carbocycles. The van der Waals surface area contributed by atoms with Crippen LogP contribution in [0.1, 0.15) is 26.3 Å². The van der Waals surface area contributed by atoms with Crippen molar-refractivity contribution in [1.29, 1.82) is 0 Å². The predicted octanol–water partition coefficient (Wildman–Crippen LogP) is 0.919. The van der Waals surface area contributed by atoms with Crippen molar-refractivity contribution < 1.29 is 33.4 Å². The van der Waals surface area contributed by atoms with Crippen LogP contribution in [0.2, 0.25) is 0 Å². The Kier molecular flexibility index (Phi) is 6.58. The third-order valence-corrected chi connectivity index (χ3v) is 3.54. The second-order valence-electron chi connectivity index (χ2n) is 6.03. The number of imide groups is 1. The summed E-state index contributed by atoms with van der Waals surface area (Å²) < 4.78 is 15.5. The molecule has 146 valence electrons. The number of rotatable bonds is 7. The zero-order valence-electron chi connectivity index (χ0n) is 15.2. The van der Waals surface area contributed by atoms with Crippen molar-refractivity contribution in [1.82, 2.24) is 5.32 Å². The lowest BCUT2D eigenvalue weighted by molar-refractivity contribution is -0.162. The van der Waals surface area contributed by atoms with Gasteiger partial charge in [0.15, 0.2) is 17.6 Å². The van der Waals surface area contributed by atoms with Crippen molar-refractivity contribution >= 4 is 23.6 Å². The van der Waals surface area contributed by atoms with Gasteiger partial charge in [-0.15, -0.1) is 0 Å². The molecule has 27 heavy (non-hydrogen) atoms. The van der Waals surface area contributed by atoms with E-state index in [2.05, 4.69) is 5.16 Å². The summed E-state index contributed by atoms with van der Waals surface area (Å²) in [5.41, 5.74) is 6.13. The van der Waals surface area contributed by atoms with Crippen LogP contribution in [-0.4, -0.2) is 43.1 Å². The van der Waals surface area contributed by atoms with E-state index in [1.165, 1.54) is 0 Å². The zero-order chi connectivity index (χ0) is 20.0. The van der Waals surface area contributed by atoms with Gasteiger partial charge in [-0.3, -0.25) is 10.1 Å². The second kappa shape index (κ2) is 8.88. The molecule has 0 aromatic heterocycles. The van der Waals surface area contributed by atoms with Gasteiger partial charge >= 0.3 is 12.0 Å². The molecule has 0 saturated carbocycles. The second-order valence-corrected chi connectivity index (χ2v) is 6.03. The molecular weight excluding hydrogens is 358 g/mol. The Labute approximate surface area is 155 Å². The van der Waals surface area contributed by atoms with Gasteiger partial charge in [-0.25, -0.2) is 9.59 Å². The third kappa shape index (κ3) is 5.59. The average molecular weight is 379 g/mol. The van der Waals surface area contributed by atoms with Gasteiger partial charge in [-0.1, -0.05) is 19.0 Å². The Hall–Kier alpha value is -3.30. The molecule has 0 spiro atoms. The maximum absolute atomic E-state index is 11.9. The van der Waals surface area contributed by atoms with Gasteiger partial charge in [0.1, 0.15) is 0 Å². The van der Waals surface area contributed by atoms with E-state index in [1.807, 2.05) is 5.32 Å². The first-order valence-corrected chi connectivity index (χ1v) is 8.14. The van der Waals surface area contributed by atoms with Crippen LogP contribution in [0.25, 0.3) is 0 Å². The van der Waals surface area contributed by atoms with Gasteiger partial charge in [-0.05, 0) is 31.0 Å². The minimum Gasteiger partial charge on any atom is -0.454 e. The van der Waals surface area contributed by atoms with E-state index in [0.29, 0.717) is 17.2 Å². The van der Waals surface area contributed by atoms with Crippen molar-refractivity contribution in [2.45, 2.75) is 26.9 Å². The number of carbonyl (C=O) groups is 3. The molecule has 3 N–H and O–H groups in total. The molecule has 1 heterocycles. The lowest BCUT2D eigenvalue weighted by Crippen LogP contribution is -2.45. The number of fused-ring (bicyclic) bond motifs is 1. The fourth-order valence-electron chi connectivity index (χ4n) is 2.22. The maximum atomic E-state index is 11.9. The summed E-state index contributed by atoms with van der Waals surface area (Å²) in [6.07, 6.45) is -1.17. The Bertz CT molecular complexity index is 761. The summed E-state index contributed by atoms with van der Waals surface area (Å²) in [5.74, 6) is -0.736. The summed E-state index contributed by atoms with van der Waals surface area (Å²) in [5, 5.41) is 5.73. The van der Waals surface area contributed by atoms with Crippen molar-refractivity contribution in [2.75, 3.05) is 13.4 Å². The quantitative estimate of drug-likeness (QED) is 0.408. The number of nitrogens with two attached hydrogens (primary N) is 1. The van der Waals surface area contributed by atoms with E-state index in [-0.39, 0.29) is 12.7 Å². The fraction of sp³-hybridized carbons (Fsp3) is 0.412. The van der Waals surface area contributed by atoms with Gasteiger partial charge in [0.2, 0.25) is 13.4 Å². The number of urea groups is 1. The minimum atomic E-state index is -1.17. The van der Waals surface area contributed by atoms with Crippen LogP contribution in [0, 0.1) is 5.92 Å². The van der Waals surface area contributed by atoms with Crippen molar-refractivity contribution in [3.05, 3.63) is 23.8 Å². The number of nitrogens with zero attached hydrogens (tertiary/aromatic N) is 1. The summed E-state index contributed by atoms with van der Waals surface area (Å²) in [6.45, 7) is 4.66. The van der Waals surface area contributed by atoms with E-state index in [4.69, 9.17) is 24.8 Å². The lowest BCUT2D eigenvalue weighted by Gasteiger charge is -2.19. The zero-order valence-corrected chi connectivity index (χ0v) is 15.2. The molecule has 10 heteroatoms. The van der Waals surface area contributed by atoms with Crippen molar-refractivity contribution in [3.8, 4) is 11.5 Å². The molecule has 1 aliphatic heterocycles. The van der Waals surface area contributed by atoms with Gasteiger partial charge < -0.3 is 24.8 Å². The summed E-state index contributed by atoms with van der Waals surface area (Å²) >= 11 is 0. The summed E-state index contributed by atoms with van der Waals surface area (Å²) in [6, 6.07) is 4.24. The number of oxime groups is 1. The molecule has 3 amide bonds. The van der Waals surface area contributed by atoms with Crippen LogP contribution < -0.4 is 20.5 Å². The Morgan fingerprint density at radius 1 is 1.26 bits per heavy atom. The monoisotopic (exact) mass is 379 g/mol. The number of hydrogen-bond acceptors (Lipinski definition) is 8. The number of ether oxygens (including phenoxy) is 3. The number of nitrogens with one attached hydrogen (secondary N) is 1. The van der Waals surface area contributed by atoms with Crippen LogP contribution in [0.5, 0.6) is 11.5 Å². The molecule has 1 atom stereocenters. The Morgan fingerprint density at radius 2 is 1.96 bits per heavy atom. The van der Waals surface area contributed by atoms with Crippen LogP contribution in [-0.2, 0) is 19.2 Å². The van der Waals surface area contributed by atoms with Crippen LogP contribution in [0.4, 0.5) is 4.79 Å². The Balaban J connectivity index is 1.89. The normalized spacial score (nSPS) is 13.9. The van der Waals surface area contributed by atoms with E-state index in [1.54, 1.807) is 39.0 Å². The number of esters is 1. The molecule has 1 aromatic rings. The van der Waals surface area contributed by atoms with E-state index in [0.717, 1.165) is 5.56 Å². The predicted molar refractivity (Wildman–Crippen MR) is 93.2 cm³/mol. The highest BCUT2D eigenvalue weighted by Crippen LogP contribution is 2.32. The molecule has 0 unspecified atom stereocenters. The van der Waals surface area contributed by atoms with Crippen LogP contribution in [0.3, 0.4) is 0 Å². The van der Waals surface area contributed by atoms with E-state index < -0.39 is 30.6 Å². The first-order chi connectivity index (χ1) is 12.8. The van der Waals surface area contributed by atoms with Gasteiger partial charge in [-0.2, -0.15) is 0 Å². The number of hydrogen-bond donors (Lipinski definition) is 2. The molecule has 10 nitrogen and oxygen atoms in total. The first kappa shape index (κ1) is 20.0. The summed E-state index contributed by atoms with van der Waals surface area (Å²) in [4.78, 5) is 39.4. The highest BCUT2D eigenvalue weighted by atomic mass is 16.7. The average Bonchev–Trinajstić information content (AvgIpc) is 3.06. The number of benzene rings is 1. The van der Waals surface area contributed by atoms with Gasteiger partial charge in [0.25, 0.3) is 5.91 Å². The highest BCUT2D eigenvalue weighted by Gasteiger charge is 2.27. The number of carbonyl (C=O) groups excluding carboxylic acids is 3. The van der Waals surface area contributed by atoms with Crippen molar-refractivity contribution in [3.63, 3.8) is 0 Å². The minimum absolute atomic E-state index is 0.164. The number of amides is 3. The van der Waals surface area contributed by atoms with E-state index >= 15 is 0 Å². The van der Waals surface area contributed by atoms with E-state index in [9.17, 15) is 14.4 Å². The largest absolute Gasteiger partial charge is 0.454 e. The standard InChI is InChI=1S/C17H21N3O7/c1-9(2)15(16(22)19-17(18)23)27-14(21)7-26-20-10(3)11-4-5-12-13(6-11)25-8-24-12/h4-6,9,15H,7-8H2,1-3H3,(H3,18,19,22,23)/b20-10-/t15-/m0/s1. The summed E-state index contributed by atoms with van der Waals surface area (Å²) in [7, 11) is 0. The van der Waals surface area contributed by atoms with Crippen LogP contribution in [0.15, 0.2) is 23.4 Å². The topological polar surface area (TPSA) is 139 Å². The van der Waals surface area contributed by atoms with Crippen LogP contribution >= 0.6 is 0 Å². The SMILES string of the molecule is C/C(=N/OCC(=O)O[C@H](C(=O)NC(N)=O)C(C)C)c1ccc2c(c1)OCO2. The maximum Gasteiger partial charge on any atom is 0.347 e.